The first kappa shape index (κ1) is 15.0. The zero-order chi connectivity index (χ0) is 15.4. The molecule has 0 spiro atoms. The lowest BCUT2D eigenvalue weighted by molar-refractivity contribution is -0.137. The van der Waals surface area contributed by atoms with E-state index in [2.05, 4.69) is 11.6 Å². The second kappa shape index (κ2) is 6.37. The molecule has 0 fully saturated rings. The van der Waals surface area contributed by atoms with Crippen LogP contribution in [0.5, 0.6) is 0 Å². The molecule has 0 aliphatic rings. The van der Waals surface area contributed by atoms with Crippen LogP contribution in [0.1, 0.15) is 10.4 Å². The Hall–Kier alpha value is -2.40. The normalized spacial score (nSPS) is 10.3. The number of fused-ring (bicyclic) bond motifs is 1. The van der Waals surface area contributed by atoms with Crippen LogP contribution in [-0.4, -0.2) is 40.0 Å². The van der Waals surface area contributed by atoms with Crippen LogP contribution in [-0.2, 0) is 4.79 Å². The lowest BCUT2D eigenvalue weighted by atomic mass is 10.1. The number of carboxylic acids is 1. The third-order valence-corrected chi connectivity index (χ3v) is 3.24. The number of benzene rings is 1. The van der Waals surface area contributed by atoms with Crippen LogP contribution in [0.15, 0.2) is 43.1 Å². The summed E-state index contributed by atoms with van der Waals surface area (Å²) in [5, 5.41) is 10.5. The molecule has 1 heterocycles. The van der Waals surface area contributed by atoms with Crippen molar-refractivity contribution in [2.24, 2.45) is 0 Å². The summed E-state index contributed by atoms with van der Waals surface area (Å²) in [6.07, 6.45) is 2.84. The molecule has 0 saturated carbocycles. The number of carboxylic acid groups (broad SMARTS) is 1. The number of carbonyl (C=O) groups is 2. The van der Waals surface area contributed by atoms with Crippen LogP contribution >= 0.6 is 11.6 Å². The van der Waals surface area contributed by atoms with Gasteiger partial charge in [-0.15, -0.1) is 6.58 Å². The number of hydrogen-bond donors (Lipinski definition) is 1. The van der Waals surface area contributed by atoms with Gasteiger partial charge in [0.25, 0.3) is 5.91 Å². The third-order valence-electron chi connectivity index (χ3n) is 2.94. The zero-order valence-corrected chi connectivity index (χ0v) is 11.9. The molecular weight excluding hydrogens is 292 g/mol. The van der Waals surface area contributed by atoms with Gasteiger partial charge in [-0.25, -0.2) is 4.98 Å². The highest BCUT2D eigenvalue weighted by atomic mass is 35.5. The van der Waals surface area contributed by atoms with Gasteiger partial charge in [0, 0.05) is 18.1 Å². The van der Waals surface area contributed by atoms with Crippen LogP contribution in [0.3, 0.4) is 0 Å². The molecule has 21 heavy (non-hydrogen) atoms. The number of pyridine rings is 1. The molecule has 0 unspecified atom stereocenters. The molecule has 6 heteroatoms. The van der Waals surface area contributed by atoms with Crippen molar-refractivity contribution in [2.45, 2.75) is 0 Å². The van der Waals surface area contributed by atoms with Crippen molar-refractivity contribution >= 4 is 34.2 Å². The number of carbonyl (C=O) groups excluding carboxylic acids is 1. The van der Waals surface area contributed by atoms with Crippen LogP contribution in [0.25, 0.3) is 10.8 Å². The Bertz CT molecular complexity index is 715. The van der Waals surface area contributed by atoms with Crippen LogP contribution in [0, 0.1) is 0 Å². The minimum atomic E-state index is -1.09. The van der Waals surface area contributed by atoms with Gasteiger partial charge in [0.05, 0.1) is 5.56 Å². The summed E-state index contributed by atoms with van der Waals surface area (Å²) in [5.74, 6) is -1.51. The molecule has 1 aromatic carbocycles. The molecule has 0 atom stereocenters. The fourth-order valence-electron chi connectivity index (χ4n) is 2.04. The highest BCUT2D eigenvalue weighted by molar-refractivity contribution is 6.34. The van der Waals surface area contributed by atoms with Gasteiger partial charge in [-0.2, -0.15) is 0 Å². The number of hydrogen-bond acceptors (Lipinski definition) is 3. The van der Waals surface area contributed by atoms with Crippen molar-refractivity contribution in [3.8, 4) is 0 Å². The number of amides is 1. The number of aliphatic carboxylic acids is 1. The first-order valence-corrected chi connectivity index (χ1v) is 6.57. The van der Waals surface area contributed by atoms with Gasteiger partial charge >= 0.3 is 5.97 Å². The van der Waals surface area contributed by atoms with E-state index in [-0.39, 0.29) is 6.54 Å². The molecule has 1 aromatic heterocycles. The van der Waals surface area contributed by atoms with E-state index in [1.54, 1.807) is 24.3 Å². The third kappa shape index (κ3) is 3.20. The van der Waals surface area contributed by atoms with Gasteiger partial charge in [-0.3, -0.25) is 9.59 Å². The van der Waals surface area contributed by atoms with Gasteiger partial charge in [0.1, 0.15) is 11.7 Å². The number of aromatic nitrogens is 1. The SMILES string of the molecule is C=CCN(CC(=O)O)C(=O)c1cnc(Cl)c2ccccc12. The molecular formula is C15H13ClN2O3. The largest absolute Gasteiger partial charge is 0.480 e. The average molecular weight is 305 g/mol. The van der Waals surface area contributed by atoms with Gasteiger partial charge in [0.2, 0.25) is 0 Å². The summed E-state index contributed by atoms with van der Waals surface area (Å²) < 4.78 is 0. The molecule has 0 saturated heterocycles. The summed E-state index contributed by atoms with van der Waals surface area (Å²) in [6, 6.07) is 7.09. The van der Waals surface area contributed by atoms with Gasteiger partial charge in [-0.1, -0.05) is 41.9 Å². The Balaban J connectivity index is 2.49. The smallest absolute Gasteiger partial charge is 0.323 e. The number of halogens is 1. The fraction of sp³-hybridized carbons (Fsp3) is 0.133. The summed E-state index contributed by atoms with van der Waals surface area (Å²) in [5.41, 5.74) is 0.318. The maximum absolute atomic E-state index is 12.5. The topological polar surface area (TPSA) is 70.5 Å². The van der Waals surface area contributed by atoms with E-state index in [4.69, 9.17) is 16.7 Å². The minimum Gasteiger partial charge on any atom is -0.480 e. The van der Waals surface area contributed by atoms with E-state index < -0.39 is 18.4 Å². The molecule has 0 radical (unpaired) electrons. The van der Waals surface area contributed by atoms with Gasteiger partial charge in [-0.05, 0) is 5.39 Å². The average Bonchev–Trinajstić information content (AvgIpc) is 2.46. The van der Waals surface area contributed by atoms with Crippen LogP contribution in [0.4, 0.5) is 0 Å². The first-order chi connectivity index (χ1) is 10.0. The summed E-state index contributed by atoms with van der Waals surface area (Å²) in [7, 11) is 0. The second-order valence-electron chi connectivity index (χ2n) is 4.38. The van der Waals surface area contributed by atoms with Crippen molar-refractivity contribution in [3.63, 3.8) is 0 Å². The zero-order valence-electron chi connectivity index (χ0n) is 11.1. The van der Waals surface area contributed by atoms with Crippen molar-refractivity contribution < 1.29 is 14.7 Å². The van der Waals surface area contributed by atoms with Crippen molar-refractivity contribution in [1.82, 2.24) is 9.88 Å². The molecule has 1 N–H and O–H groups in total. The molecule has 2 rings (SSSR count). The van der Waals surface area contributed by atoms with Crippen LogP contribution < -0.4 is 0 Å². The molecule has 0 aliphatic carbocycles. The quantitative estimate of drug-likeness (QED) is 0.681. The molecule has 0 bridgehead atoms. The maximum Gasteiger partial charge on any atom is 0.323 e. The minimum absolute atomic E-state index is 0.141. The van der Waals surface area contributed by atoms with E-state index >= 15 is 0 Å². The summed E-state index contributed by atoms with van der Waals surface area (Å²) >= 11 is 6.01. The van der Waals surface area contributed by atoms with E-state index in [0.717, 1.165) is 0 Å². The fourth-order valence-corrected chi connectivity index (χ4v) is 2.25. The Morgan fingerprint density at radius 1 is 1.33 bits per heavy atom. The molecule has 1 amide bonds. The summed E-state index contributed by atoms with van der Waals surface area (Å²) in [4.78, 5) is 28.6. The molecule has 2 aromatic rings. The van der Waals surface area contributed by atoms with Gasteiger partial charge < -0.3 is 10.0 Å². The number of rotatable bonds is 5. The van der Waals surface area contributed by atoms with Crippen molar-refractivity contribution in [2.75, 3.05) is 13.1 Å². The van der Waals surface area contributed by atoms with Crippen molar-refractivity contribution in [1.29, 1.82) is 0 Å². The predicted molar refractivity (Wildman–Crippen MR) is 80.5 cm³/mol. The Labute approximate surface area is 126 Å². The van der Waals surface area contributed by atoms with Crippen molar-refractivity contribution in [3.05, 3.63) is 53.8 Å². The molecule has 5 nitrogen and oxygen atoms in total. The monoisotopic (exact) mass is 304 g/mol. The predicted octanol–water partition coefficient (Wildman–Crippen LogP) is 2.60. The number of nitrogens with zero attached hydrogens (tertiary/aromatic N) is 2. The van der Waals surface area contributed by atoms with E-state index in [0.29, 0.717) is 21.5 Å². The Morgan fingerprint density at radius 2 is 2.00 bits per heavy atom. The lowest BCUT2D eigenvalue weighted by Gasteiger charge is -2.19. The second-order valence-corrected chi connectivity index (χ2v) is 4.73. The maximum atomic E-state index is 12.5. The molecule has 108 valence electrons. The standard InChI is InChI=1S/C15H13ClN2O3/c1-2-7-18(9-13(19)20)15(21)12-8-17-14(16)11-6-4-3-5-10(11)12/h2-6,8H,1,7,9H2,(H,19,20). The highest BCUT2D eigenvalue weighted by Crippen LogP contribution is 2.25. The Morgan fingerprint density at radius 3 is 2.62 bits per heavy atom. The highest BCUT2D eigenvalue weighted by Gasteiger charge is 2.20. The van der Waals surface area contributed by atoms with E-state index in [1.165, 1.54) is 17.2 Å². The molecule has 0 aliphatic heterocycles. The van der Waals surface area contributed by atoms with Gasteiger partial charge in [0.15, 0.2) is 0 Å². The first-order valence-electron chi connectivity index (χ1n) is 6.19. The van der Waals surface area contributed by atoms with E-state index in [9.17, 15) is 9.59 Å². The van der Waals surface area contributed by atoms with E-state index in [1.807, 2.05) is 0 Å². The Kier molecular flexibility index (Phi) is 4.55. The summed E-state index contributed by atoms with van der Waals surface area (Å²) in [6.45, 7) is 3.28. The lowest BCUT2D eigenvalue weighted by Crippen LogP contribution is -2.36. The van der Waals surface area contributed by atoms with Crippen LogP contribution in [0.2, 0.25) is 5.15 Å².